The van der Waals surface area contributed by atoms with Gasteiger partial charge in [0.15, 0.2) is 10.3 Å². The van der Waals surface area contributed by atoms with Crippen molar-refractivity contribution in [3.63, 3.8) is 0 Å². The zero-order valence-electron chi connectivity index (χ0n) is 15.4. The molecule has 0 radical (unpaired) electrons. The van der Waals surface area contributed by atoms with Gasteiger partial charge in [-0.15, -0.1) is 10.2 Å². The van der Waals surface area contributed by atoms with Crippen molar-refractivity contribution in [3.05, 3.63) is 35.7 Å². The van der Waals surface area contributed by atoms with Crippen LogP contribution >= 0.6 is 24.0 Å². The highest BCUT2D eigenvalue weighted by Crippen LogP contribution is 2.16. The minimum atomic E-state index is 0.574. The molecule has 0 aliphatic heterocycles. The lowest BCUT2D eigenvalue weighted by atomic mass is 10.2. The van der Waals surface area contributed by atoms with Gasteiger partial charge in [-0.1, -0.05) is 37.7 Å². The summed E-state index contributed by atoms with van der Waals surface area (Å²) in [7, 11) is 0. The predicted molar refractivity (Wildman–Crippen MR) is 110 cm³/mol. The van der Waals surface area contributed by atoms with Crippen LogP contribution in [0.3, 0.4) is 0 Å². The van der Waals surface area contributed by atoms with Gasteiger partial charge in [-0.2, -0.15) is 0 Å². The number of thioether (sulfide) groups is 1. The summed E-state index contributed by atoms with van der Waals surface area (Å²) < 4.78 is 2.23. The average Bonchev–Trinajstić information content (AvgIpc) is 2.93. The lowest BCUT2D eigenvalue weighted by Crippen LogP contribution is -2.29. The van der Waals surface area contributed by atoms with E-state index in [1.165, 1.54) is 5.56 Å². The Balaban J connectivity index is 1.79. The van der Waals surface area contributed by atoms with Crippen molar-refractivity contribution in [1.82, 2.24) is 20.1 Å². The summed E-state index contributed by atoms with van der Waals surface area (Å²) in [4.78, 5) is 0. The molecule has 0 fully saturated rings. The molecule has 7 heteroatoms. The molecule has 0 spiro atoms. The highest BCUT2D eigenvalue weighted by Gasteiger charge is 2.12. The third kappa shape index (κ3) is 6.32. The highest BCUT2D eigenvalue weighted by atomic mass is 32.2. The van der Waals surface area contributed by atoms with E-state index in [0.29, 0.717) is 11.0 Å². The summed E-state index contributed by atoms with van der Waals surface area (Å²) >= 11 is 7.00. The lowest BCUT2D eigenvalue weighted by Gasteiger charge is -2.13. The minimum Gasteiger partial charge on any atom is -0.362 e. The van der Waals surface area contributed by atoms with Gasteiger partial charge < -0.3 is 15.2 Å². The van der Waals surface area contributed by atoms with Gasteiger partial charge in [-0.3, -0.25) is 0 Å². The number of hydrogen-bond donors (Lipinski definition) is 2. The Bertz CT molecular complexity index is 697. The summed E-state index contributed by atoms with van der Waals surface area (Å²) in [5.74, 6) is 1.63. The van der Waals surface area contributed by atoms with Gasteiger partial charge in [0.1, 0.15) is 5.82 Å². The Hall–Kier alpha value is -1.60. The number of benzene rings is 1. The van der Waals surface area contributed by atoms with E-state index >= 15 is 0 Å². The fourth-order valence-electron chi connectivity index (χ4n) is 2.55. The van der Waals surface area contributed by atoms with Crippen LogP contribution in [-0.4, -0.2) is 32.7 Å². The Morgan fingerprint density at radius 2 is 2.12 bits per heavy atom. The Kier molecular flexibility index (Phi) is 7.71. The van der Waals surface area contributed by atoms with E-state index in [4.69, 9.17) is 12.2 Å². The van der Waals surface area contributed by atoms with Crippen LogP contribution in [0.2, 0.25) is 0 Å². The van der Waals surface area contributed by atoms with E-state index < -0.39 is 0 Å². The smallest absolute Gasteiger partial charge is 0.190 e. The summed E-state index contributed by atoms with van der Waals surface area (Å²) in [6.07, 6.45) is 3.89. The van der Waals surface area contributed by atoms with Crippen molar-refractivity contribution in [3.8, 4) is 0 Å². The van der Waals surface area contributed by atoms with Crippen molar-refractivity contribution >= 4 is 34.8 Å². The largest absolute Gasteiger partial charge is 0.362 e. The fourth-order valence-corrected chi connectivity index (χ4v) is 3.29. The second-order valence-corrected chi connectivity index (χ2v) is 7.64. The fraction of sp³-hybridized carbons (Fsp3) is 0.500. The first-order valence-corrected chi connectivity index (χ1v) is 10.2. The molecule has 136 valence electrons. The van der Waals surface area contributed by atoms with Gasteiger partial charge in [0, 0.05) is 25.2 Å². The first kappa shape index (κ1) is 19.7. The maximum absolute atomic E-state index is 5.36. The third-order valence-electron chi connectivity index (χ3n) is 3.66. The number of anilines is 1. The Morgan fingerprint density at radius 3 is 2.80 bits per heavy atom. The summed E-state index contributed by atoms with van der Waals surface area (Å²) in [5, 5.41) is 16.8. The summed E-state index contributed by atoms with van der Waals surface area (Å²) in [6, 6.07) is 8.18. The molecule has 0 saturated heterocycles. The monoisotopic (exact) mass is 377 g/mol. The first-order valence-electron chi connectivity index (χ1n) is 8.57. The molecule has 25 heavy (non-hydrogen) atoms. The van der Waals surface area contributed by atoms with Gasteiger partial charge in [0.2, 0.25) is 0 Å². The normalized spacial score (nSPS) is 10.9. The molecule has 1 aromatic heterocycles. The number of aromatic nitrogens is 3. The van der Waals surface area contributed by atoms with Crippen LogP contribution in [0.15, 0.2) is 29.4 Å². The van der Waals surface area contributed by atoms with Crippen molar-refractivity contribution in [2.24, 2.45) is 5.92 Å². The standard InChI is InChI=1S/C18H27N5S2/c1-13(2)12-23-16(21-22-18(23)25-4)9-6-10-19-17(24)20-15-8-5-7-14(3)11-15/h5,7-8,11,13H,6,9-10,12H2,1-4H3,(H2,19,20,24). The maximum atomic E-state index is 5.36. The van der Waals surface area contributed by atoms with Gasteiger partial charge in [-0.25, -0.2) is 0 Å². The maximum Gasteiger partial charge on any atom is 0.190 e. The Labute approximate surface area is 160 Å². The Morgan fingerprint density at radius 1 is 1.32 bits per heavy atom. The van der Waals surface area contributed by atoms with E-state index in [1.54, 1.807) is 11.8 Å². The minimum absolute atomic E-state index is 0.574. The molecule has 1 aromatic carbocycles. The van der Waals surface area contributed by atoms with Crippen molar-refractivity contribution in [2.75, 3.05) is 18.1 Å². The van der Waals surface area contributed by atoms with Gasteiger partial charge in [0.25, 0.3) is 0 Å². The van der Waals surface area contributed by atoms with Gasteiger partial charge in [-0.05, 0) is 55.4 Å². The molecule has 2 N–H and O–H groups in total. The van der Waals surface area contributed by atoms with E-state index in [0.717, 1.165) is 42.6 Å². The number of aryl methyl sites for hydroxylation is 2. The second-order valence-electron chi connectivity index (χ2n) is 6.46. The molecule has 0 atom stereocenters. The molecule has 2 aromatic rings. The van der Waals surface area contributed by atoms with Crippen LogP contribution in [0, 0.1) is 12.8 Å². The van der Waals surface area contributed by atoms with Crippen LogP contribution in [-0.2, 0) is 13.0 Å². The summed E-state index contributed by atoms with van der Waals surface area (Å²) in [5.41, 5.74) is 2.22. The SMILES string of the molecule is CSc1nnc(CCCNC(=S)Nc2cccc(C)c2)n1CC(C)C. The molecular formula is C18H27N5S2. The third-order valence-corrected chi connectivity index (χ3v) is 4.58. The van der Waals surface area contributed by atoms with Crippen LogP contribution in [0.25, 0.3) is 0 Å². The molecule has 0 amide bonds. The van der Waals surface area contributed by atoms with Crippen LogP contribution in [0.5, 0.6) is 0 Å². The number of hydrogen-bond acceptors (Lipinski definition) is 4. The predicted octanol–water partition coefficient (Wildman–Crippen LogP) is 3.88. The van der Waals surface area contributed by atoms with Gasteiger partial charge in [0.05, 0.1) is 0 Å². The first-order chi connectivity index (χ1) is 12.0. The van der Waals surface area contributed by atoms with Crippen LogP contribution in [0.1, 0.15) is 31.7 Å². The number of thiocarbonyl (C=S) groups is 1. The van der Waals surface area contributed by atoms with Crippen molar-refractivity contribution < 1.29 is 0 Å². The topological polar surface area (TPSA) is 54.8 Å². The molecule has 0 saturated carbocycles. The zero-order valence-corrected chi connectivity index (χ0v) is 17.0. The second kappa shape index (κ2) is 9.77. The van der Waals surface area contributed by atoms with Crippen LogP contribution < -0.4 is 10.6 Å². The molecule has 2 rings (SSSR count). The average molecular weight is 378 g/mol. The molecule has 0 bridgehead atoms. The number of rotatable bonds is 8. The quantitative estimate of drug-likeness (QED) is 0.414. The van der Waals surface area contributed by atoms with Crippen molar-refractivity contribution in [1.29, 1.82) is 0 Å². The number of nitrogens with zero attached hydrogens (tertiary/aromatic N) is 3. The number of nitrogens with one attached hydrogen (secondary N) is 2. The molecule has 0 aliphatic carbocycles. The molecular weight excluding hydrogens is 350 g/mol. The van der Waals surface area contributed by atoms with E-state index in [1.807, 2.05) is 18.4 Å². The van der Waals surface area contributed by atoms with Crippen LogP contribution in [0.4, 0.5) is 5.69 Å². The lowest BCUT2D eigenvalue weighted by molar-refractivity contribution is 0.477. The summed E-state index contributed by atoms with van der Waals surface area (Å²) in [6.45, 7) is 8.26. The zero-order chi connectivity index (χ0) is 18.2. The molecule has 1 heterocycles. The van der Waals surface area contributed by atoms with Gasteiger partial charge >= 0.3 is 0 Å². The highest BCUT2D eigenvalue weighted by molar-refractivity contribution is 7.98. The molecule has 0 unspecified atom stereocenters. The van der Waals surface area contributed by atoms with E-state index in [2.05, 4.69) is 58.3 Å². The van der Waals surface area contributed by atoms with Crippen molar-refractivity contribution in [2.45, 2.75) is 45.3 Å². The van der Waals surface area contributed by atoms with E-state index in [-0.39, 0.29) is 0 Å². The van der Waals surface area contributed by atoms with E-state index in [9.17, 15) is 0 Å². The molecule has 5 nitrogen and oxygen atoms in total. The molecule has 0 aliphatic rings.